The normalized spacial score (nSPS) is 19.8. The van der Waals surface area contributed by atoms with Crippen molar-refractivity contribution < 1.29 is 15.3 Å². The first kappa shape index (κ1) is 9.59. The molecule has 0 aliphatic carbocycles. The Bertz CT molecular complexity index is 772. The Morgan fingerprint density at radius 3 is 2.79 bits per heavy atom. The van der Waals surface area contributed by atoms with Gasteiger partial charge in [-0.05, 0) is 24.6 Å². The van der Waals surface area contributed by atoms with Crippen LogP contribution in [0.5, 0.6) is 5.75 Å². The predicted octanol–water partition coefficient (Wildman–Crippen LogP) is 3.79. The largest absolute Gasteiger partial charge is 0.506 e. The van der Waals surface area contributed by atoms with E-state index in [0.29, 0.717) is 16.8 Å². The van der Waals surface area contributed by atoms with Gasteiger partial charge >= 0.3 is 0 Å². The number of fused-ring (bicyclic) bond motifs is 1. The van der Waals surface area contributed by atoms with E-state index in [1.165, 1.54) is 6.20 Å². The minimum Gasteiger partial charge on any atom is -0.506 e. The fourth-order valence-electron chi connectivity index (χ4n) is 1.97. The highest BCUT2D eigenvalue weighted by Crippen LogP contribution is 2.40. The summed E-state index contributed by atoms with van der Waals surface area (Å²) >= 11 is 5.80. The summed E-state index contributed by atoms with van der Waals surface area (Å²) in [4.78, 5) is 4.08. The van der Waals surface area contributed by atoms with Crippen molar-refractivity contribution >= 4 is 24.0 Å². The van der Waals surface area contributed by atoms with Crippen LogP contribution in [0, 0.1) is 6.92 Å². The molecule has 1 atom stereocenters. The Hall–Kier alpha value is -1.29. The molecule has 0 saturated carbocycles. The van der Waals surface area contributed by atoms with Crippen LogP contribution in [0.25, 0.3) is 0 Å². The van der Waals surface area contributed by atoms with Gasteiger partial charge in [0.1, 0.15) is 11.9 Å². The van der Waals surface area contributed by atoms with Gasteiger partial charge < -0.3 is 9.84 Å². The molecule has 0 radical (unpaired) electrons. The Balaban J connectivity index is 0.00000192. The second kappa shape index (κ2) is 5.37. The van der Waals surface area contributed by atoms with Crippen LogP contribution >= 0.6 is 24.0 Å². The van der Waals surface area contributed by atoms with E-state index in [1.54, 1.807) is 6.92 Å². The minimum atomic E-state index is -0.806. The van der Waals surface area contributed by atoms with E-state index in [-0.39, 0.29) is 59.5 Å². The first-order valence-electron chi connectivity index (χ1n) is 7.39. The fourth-order valence-corrected chi connectivity index (χ4v) is 2.07. The van der Waals surface area contributed by atoms with Gasteiger partial charge in [0, 0.05) is 22.3 Å². The molecule has 0 bridgehead atoms. The van der Waals surface area contributed by atoms with Crippen molar-refractivity contribution in [3.05, 3.63) is 57.8 Å². The number of ether oxygens (including phenoxy) is 1. The highest BCUT2D eigenvalue weighted by atomic mass is 35.5. The van der Waals surface area contributed by atoms with Crippen LogP contribution in [0.3, 0.4) is 0 Å². The Labute approximate surface area is 128 Å². The first-order chi connectivity index (χ1) is 10.3. The van der Waals surface area contributed by atoms with Gasteiger partial charge in [-0.15, -0.1) is 12.4 Å². The number of aryl methyl sites for hydroxylation is 1. The lowest BCUT2D eigenvalue weighted by atomic mass is 10.0. The molecule has 0 amide bonds. The number of hydrogen-bond donors (Lipinski definition) is 1. The summed E-state index contributed by atoms with van der Waals surface area (Å²) in [5.74, 6) is 0.0317. The molecule has 100 valence electrons. The van der Waals surface area contributed by atoms with E-state index in [4.69, 9.17) is 21.8 Å². The number of halogens is 2. The van der Waals surface area contributed by atoms with Gasteiger partial charge in [0.15, 0.2) is 0 Å². The van der Waals surface area contributed by atoms with Gasteiger partial charge in [-0.2, -0.15) is 0 Å². The van der Waals surface area contributed by atoms with Crippen molar-refractivity contribution in [2.75, 3.05) is 0 Å². The monoisotopic (exact) mass is 301 g/mol. The number of pyridine rings is 1. The molecule has 3 nitrogen and oxygen atoms in total. The molecule has 5 heteroatoms. The van der Waals surface area contributed by atoms with Gasteiger partial charge in [-0.1, -0.05) is 23.7 Å². The third kappa shape index (κ3) is 2.41. The summed E-state index contributed by atoms with van der Waals surface area (Å²) < 4.78 is 37.3. The highest BCUT2D eigenvalue weighted by molar-refractivity contribution is 6.30. The molecule has 3 rings (SSSR count). The van der Waals surface area contributed by atoms with Crippen molar-refractivity contribution in [2.45, 2.75) is 19.6 Å². The van der Waals surface area contributed by atoms with Crippen LogP contribution in [-0.2, 0) is 11.3 Å². The quantitative estimate of drug-likeness (QED) is 0.871. The van der Waals surface area contributed by atoms with Gasteiger partial charge in [0.25, 0.3) is 0 Å². The average Bonchev–Trinajstić information content (AvgIpc) is 2.92. The second-order valence-electron chi connectivity index (χ2n) is 4.04. The number of aromatic nitrogens is 1. The zero-order chi connectivity index (χ0) is 16.2. The lowest BCUT2D eigenvalue weighted by Gasteiger charge is -2.11. The third-order valence-corrected chi connectivity index (χ3v) is 3.12. The topological polar surface area (TPSA) is 42.4 Å². The molecule has 1 aromatic carbocycles. The van der Waals surface area contributed by atoms with Crippen LogP contribution in [0.15, 0.2) is 30.4 Å². The molecule has 19 heavy (non-hydrogen) atoms. The number of hydrogen-bond acceptors (Lipinski definition) is 3. The predicted molar refractivity (Wildman–Crippen MR) is 76.0 cm³/mol. The third-order valence-electron chi connectivity index (χ3n) is 2.93. The van der Waals surface area contributed by atoms with E-state index in [9.17, 15) is 5.11 Å². The molecule has 1 aromatic heterocycles. The Kier molecular flexibility index (Phi) is 2.71. The second-order valence-corrected chi connectivity index (χ2v) is 4.42. The van der Waals surface area contributed by atoms with Crippen LogP contribution < -0.4 is 0 Å². The molecule has 0 saturated heterocycles. The van der Waals surface area contributed by atoms with Gasteiger partial charge in [0.05, 0.1) is 17.8 Å². The van der Waals surface area contributed by atoms with Crippen molar-refractivity contribution in [1.82, 2.24) is 4.98 Å². The Morgan fingerprint density at radius 2 is 2.11 bits per heavy atom. The highest BCUT2D eigenvalue weighted by Gasteiger charge is 2.28. The molecule has 2 heterocycles. The number of benzene rings is 1. The summed E-state index contributed by atoms with van der Waals surface area (Å²) in [7, 11) is 0. The lowest BCUT2D eigenvalue weighted by Crippen LogP contribution is -1.99. The fraction of sp³-hybridized carbons (Fsp3) is 0.214. The van der Waals surface area contributed by atoms with Crippen molar-refractivity contribution in [1.29, 1.82) is 0 Å². The smallest absolute Gasteiger partial charge is 0.142 e. The lowest BCUT2D eigenvalue weighted by molar-refractivity contribution is 0.0932. The summed E-state index contributed by atoms with van der Waals surface area (Å²) in [6, 6.07) is -1.11. The van der Waals surface area contributed by atoms with Gasteiger partial charge in [-0.3, -0.25) is 4.98 Å². The van der Waals surface area contributed by atoms with E-state index in [2.05, 4.69) is 4.98 Å². The van der Waals surface area contributed by atoms with Crippen LogP contribution in [-0.4, -0.2) is 10.1 Å². The maximum absolute atomic E-state index is 10.0. The van der Waals surface area contributed by atoms with Crippen molar-refractivity contribution in [2.24, 2.45) is 0 Å². The molecular weight excluding hydrogens is 285 g/mol. The summed E-state index contributed by atoms with van der Waals surface area (Å²) in [5.41, 5.74) is 1.68. The number of nitrogens with zero attached hydrogens (tertiary/aromatic N) is 1. The summed E-state index contributed by atoms with van der Waals surface area (Å²) in [6.07, 6.45) is 0.724. The Morgan fingerprint density at radius 1 is 1.42 bits per heavy atom. The number of aromatic hydroxyl groups is 1. The average molecular weight is 302 g/mol. The first-order valence-corrected chi connectivity index (χ1v) is 5.77. The molecular formula is C14H13Cl2NO2. The maximum Gasteiger partial charge on any atom is 0.142 e. The minimum absolute atomic E-state index is 0. The van der Waals surface area contributed by atoms with Crippen LogP contribution in [0.1, 0.15) is 34.0 Å². The summed E-state index contributed by atoms with van der Waals surface area (Å²) in [5, 5.41) is 9.82. The van der Waals surface area contributed by atoms with Crippen molar-refractivity contribution in [3.8, 4) is 5.75 Å². The van der Waals surface area contributed by atoms with Crippen molar-refractivity contribution in [3.63, 3.8) is 0 Å². The number of rotatable bonds is 1. The van der Waals surface area contributed by atoms with E-state index >= 15 is 0 Å². The van der Waals surface area contributed by atoms with E-state index < -0.39 is 6.10 Å². The van der Waals surface area contributed by atoms with Crippen LogP contribution in [0.2, 0.25) is 5.02 Å². The molecule has 0 spiro atoms. The maximum atomic E-state index is 10.0. The van der Waals surface area contributed by atoms with Gasteiger partial charge in [-0.25, -0.2) is 0 Å². The molecule has 2 aromatic rings. The van der Waals surface area contributed by atoms with Crippen LogP contribution in [0.4, 0.5) is 0 Å². The molecule has 0 fully saturated rings. The summed E-state index contributed by atoms with van der Waals surface area (Å²) in [6.45, 7) is 1.79. The SMILES string of the molecule is Cl.[2H]c1c([2H])c(C2OCc3c2cnc(C)c3O)c([2H])c([2H])c1Cl. The van der Waals surface area contributed by atoms with E-state index in [1.807, 2.05) is 0 Å². The standard InChI is InChI=1S/C14H12ClNO2.ClH/c1-8-13(17)12-7-18-14(11(12)6-16-8)9-2-4-10(15)5-3-9;/h2-6,14,17H,7H2,1H3;1H/i2D,3D,4D,5D;. The zero-order valence-corrected chi connectivity index (χ0v) is 11.5. The van der Waals surface area contributed by atoms with E-state index in [0.717, 1.165) is 0 Å². The van der Waals surface area contributed by atoms with Gasteiger partial charge in [0.2, 0.25) is 0 Å². The molecule has 1 aliphatic rings. The molecule has 1 aliphatic heterocycles. The molecule has 1 N–H and O–H groups in total. The molecule has 1 unspecified atom stereocenters. The zero-order valence-electron chi connectivity index (χ0n) is 14.0.